The lowest BCUT2D eigenvalue weighted by Gasteiger charge is -2.01. The lowest BCUT2D eigenvalue weighted by atomic mass is 10.3. The summed E-state index contributed by atoms with van der Waals surface area (Å²) in [4.78, 5) is 11.5. The summed E-state index contributed by atoms with van der Waals surface area (Å²) < 4.78 is 1.55. The van der Waals surface area contributed by atoms with E-state index in [2.05, 4.69) is 10.4 Å². The molecule has 1 rings (SSSR count). The van der Waals surface area contributed by atoms with Crippen molar-refractivity contribution in [3.63, 3.8) is 0 Å². The summed E-state index contributed by atoms with van der Waals surface area (Å²) in [6.07, 6.45) is 0.807. The molecule has 14 heavy (non-hydrogen) atoms. The summed E-state index contributed by atoms with van der Waals surface area (Å²) in [6, 6.07) is 1.76. The third-order valence-electron chi connectivity index (χ3n) is 1.92. The standard InChI is InChI=1S/C9H15N3O2/c1-3-7-6-8(12(2)11-7)9(14)10-4-5-13/h6,13H,3-5H2,1-2H3,(H,10,14). The SMILES string of the molecule is CCc1cc(C(=O)NCCO)n(C)n1. The van der Waals surface area contributed by atoms with Crippen molar-refractivity contribution in [1.82, 2.24) is 15.1 Å². The first kappa shape index (κ1) is 10.7. The minimum atomic E-state index is -0.200. The molecule has 0 fully saturated rings. The average molecular weight is 197 g/mol. The highest BCUT2D eigenvalue weighted by molar-refractivity contribution is 5.92. The number of nitrogens with one attached hydrogen (secondary N) is 1. The van der Waals surface area contributed by atoms with Crippen LogP contribution < -0.4 is 5.32 Å². The van der Waals surface area contributed by atoms with E-state index in [9.17, 15) is 4.79 Å². The van der Waals surface area contributed by atoms with Crippen molar-refractivity contribution in [1.29, 1.82) is 0 Å². The maximum absolute atomic E-state index is 11.5. The smallest absolute Gasteiger partial charge is 0.269 e. The van der Waals surface area contributed by atoms with Crippen LogP contribution in [0.4, 0.5) is 0 Å². The van der Waals surface area contributed by atoms with Crippen LogP contribution in [0.1, 0.15) is 23.1 Å². The molecule has 2 N–H and O–H groups in total. The van der Waals surface area contributed by atoms with Crippen molar-refractivity contribution >= 4 is 5.91 Å². The highest BCUT2D eigenvalue weighted by Gasteiger charge is 2.11. The van der Waals surface area contributed by atoms with Gasteiger partial charge in [-0.1, -0.05) is 6.92 Å². The van der Waals surface area contributed by atoms with Crippen LogP contribution in [-0.4, -0.2) is 33.9 Å². The molecule has 0 radical (unpaired) electrons. The Morgan fingerprint density at radius 2 is 2.43 bits per heavy atom. The van der Waals surface area contributed by atoms with Crippen LogP contribution in [0, 0.1) is 0 Å². The molecule has 1 amide bonds. The Bertz CT molecular complexity index is 320. The topological polar surface area (TPSA) is 67.2 Å². The van der Waals surface area contributed by atoms with Crippen LogP contribution in [0.3, 0.4) is 0 Å². The summed E-state index contributed by atoms with van der Waals surface area (Å²) in [5.74, 6) is -0.200. The Hall–Kier alpha value is -1.36. The van der Waals surface area contributed by atoms with Gasteiger partial charge in [-0.15, -0.1) is 0 Å². The van der Waals surface area contributed by atoms with Gasteiger partial charge in [-0.2, -0.15) is 5.10 Å². The molecule has 5 nitrogen and oxygen atoms in total. The molecule has 0 saturated carbocycles. The molecule has 0 aliphatic heterocycles. The lowest BCUT2D eigenvalue weighted by molar-refractivity contribution is 0.0935. The van der Waals surface area contributed by atoms with Gasteiger partial charge in [-0.3, -0.25) is 9.48 Å². The average Bonchev–Trinajstić information content (AvgIpc) is 2.56. The second-order valence-corrected chi connectivity index (χ2v) is 2.98. The molecule has 0 aromatic carbocycles. The second-order valence-electron chi connectivity index (χ2n) is 2.98. The van der Waals surface area contributed by atoms with Crippen molar-refractivity contribution in [2.24, 2.45) is 7.05 Å². The number of nitrogens with zero attached hydrogens (tertiary/aromatic N) is 2. The predicted octanol–water partition coefficient (Wildman–Crippen LogP) is -0.295. The Kier molecular flexibility index (Phi) is 3.64. The maximum Gasteiger partial charge on any atom is 0.269 e. The molecule has 1 aromatic rings. The Morgan fingerprint density at radius 3 is 2.93 bits per heavy atom. The first-order valence-electron chi connectivity index (χ1n) is 4.61. The van der Waals surface area contributed by atoms with E-state index < -0.39 is 0 Å². The monoisotopic (exact) mass is 197 g/mol. The zero-order valence-corrected chi connectivity index (χ0v) is 8.45. The van der Waals surface area contributed by atoms with Gasteiger partial charge in [0.2, 0.25) is 0 Å². The molecule has 0 aliphatic rings. The maximum atomic E-state index is 11.5. The van der Waals surface area contributed by atoms with Crippen LogP contribution >= 0.6 is 0 Å². The van der Waals surface area contributed by atoms with Gasteiger partial charge in [0.15, 0.2) is 0 Å². The number of carbonyl (C=O) groups is 1. The number of aromatic nitrogens is 2. The van der Waals surface area contributed by atoms with Gasteiger partial charge in [-0.05, 0) is 12.5 Å². The first-order chi connectivity index (χ1) is 6.69. The fraction of sp³-hybridized carbons (Fsp3) is 0.556. The molecule has 78 valence electrons. The number of hydrogen-bond donors (Lipinski definition) is 2. The van der Waals surface area contributed by atoms with Gasteiger partial charge in [0.1, 0.15) is 5.69 Å². The predicted molar refractivity (Wildman–Crippen MR) is 52.0 cm³/mol. The summed E-state index contributed by atoms with van der Waals surface area (Å²) >= 11 is 0. The number of aryl methyl sites for hydroxylation is 2. The molecule has 5 heteroatoms. The van der Waals surface area contributed by atoms with Gasteiger partial charge in [-0.25, -0.2) is 0 Å². The fourth-order valence-electron chi connectivity index (χ4n) is 1.17. The Labute approximate surface area is 82.7 Å². The van der Waals surface area contributed by atoms with E-state index in [0.717, 1.165) is 12.1 Å². The van der Waals surface area contributed by atoms with E-state index in [1.807, 2.05) is 6.92 Å². The fourth-order valence-corrected chi connectivity index (χ4v) is 1.17. The molecule has 1 aromatic heterocycles. The molecule has 0 saturated heterocycles. The van der Waals surface area contributed by atoms with Crippen LogP contribution in [0.25, 0.3) is 0 Å². The lowest BCUT2D eigenvalue weighted by Crippen LogP contribution is -2.28. The van der Waals surface area contributed by atoms with Crippen molar-refractivity contribution in [2.75, 3.05) is 13.2 Å². The molecular formula is C9H15N3O2. The number of aliphatic hydroxyl groups is 1. The van der Waals surface area contributed by atoms with Crippen LogP contribution in [-0.2, 0) is 13.5 Å². The zero-order valence-electron chi connectivity index (χ0n) is 8.45. The normalized spacial score (nSPS) is 10.2. The number of hydrogen-bond acceptors (Lipinski definition) is 3. The second kappa shape index (κ2) is 4.76. The summed E-state index contributed by atoms with van der Waals surface area (Å²) in [5.41, 5.74) is 1.41. The van der Waals surface area contributed by atoms with E-state index >= 15 is 0 Å². The molecular weight excluding hydrogens is 182 g/mol. The van der Waals surface area contributed by atoms with Crippen molar-refractivity contribution in [3.8, 4) is 0 Å². The summed E-state index contributed by atoms with van der Waals surface area (Å²) in [5, 5.41) is 15.3. The minimum absolute atomic E-state index is 0.0514. The van der Waals surface area contributed by atoms with E-state index in [0.29, 0.717) is 5.69 Å². The Morgan fingerprint density at radius 1 is 1.71 bits per heavy atom. The third-order valence-corrected chi connectivity index (χ3v) is 1.92. The van der Waals surface area contributed by atoms with Gasteiger partial charge in [0.05, 0.1) is 12.3 Å². The number of rotatable bonds is 4. The van der Waals surface area contributed by atoms with E-state index in [1.54, 1.807) is 17.8 Å². The van der Waals surface area contributed by atoms with E-state index in [4.69, 9.17) is 5.11 Å². The van der Waals surface area contributed by atoms with Crippen molar-refractivity contribution < 1.29 is 9.90 Å². The van der Waals surface area contributed by atoms with E-state index in [-0.39, 0.29) is 19.1 Å². The van der Waals surface area contributed by atoms with Crippen molar-refractivity contribution in [2.45, 2.75) is 13.3 Å². The van der Waals surface area contributed by atoms with Crippen molar-refractivity contribution in [3.05, 3.63) is 17.5 Å². The highest BCUT2D eigenvalue weighted by Crippen LogP contribution is 2.03. The number of amides is 1. The summed E-state index contributed by atoms with van der Waals surface area (Å²) in [6.45, 7) is 2.20. The highest BCUT2D eigenvalue weighted by atomic mass is 16.3. The molecule has 0 aliphatic carbocycles. The molecule has 0 atom stereocenters. The largest absolute Gasteiger partial charge is 0.395 e. The first-order valence-corrected chi connectivity index (χ1v) is 4.61. The van der Waals surface area contributed by atoms with Gasteiger partial charge < -0.3 is 10.4 Å². The summed E-state index contributed by atoms with van der Waals surface area (Å²) in [7, 11) is 1.73. The molecule has 1 heterocycles. The number of aliphatic hydroxyl groups excluding tert-OH is 1. The number of carbonyl (C=O) groups excluding carboxylic acids is 1. The quantitative estimate of drug-likeness (QED) is 0.696. The van der Waals surface area contributed by atoms with Gasteiger partial charge in [0.25, 0.3) is 5.91 Å². The molecule has 0 bridgehead atoms. The minimum Gasteiger partial charge on any atom is -0.395 e. The van der Waals surface area contributed by atoms with Crippen LogP contribution in [0.2, 0.25) is 0 Å². The van der Waals surface area contributed by atoms with Gasteiger partial charge in [0, 0.05) is 13.6 Å². The third kappa shape index (κ3) is 2.32. The van der Waals surface area contributed by atoms with Gasteiger partial charge >= 0.3 is 0 Å². The van der Waals surface area contributed by atoms with Crippen LogP contribution in [0.5, 0.6) is 0 Å². The molecule has 0 spiro atoms. The molecule has 0 unspecified atom stereocenters. The van der Waals surface area contributed by atoms with Crippen LogP contribution in [0.15, 0.2) is 6.07 Å². The zero-order chi connectivity index (χ0) is 10.6. The van der Waals surface area contributed by atoms with E-state index in [1.165, 1.54) is 0 Å². The Balaban J connectivity index is 2.73.